The van der Waals surface area contributed by atoms with Crippen LogP contribution in [0.5, 0.6) is 5.75 Å². The highest BCUT2D eigenvalue weighted by Crippen LogP contribution is 2.16. The molecule has 158 valence electrons. The Bertz CT molecular complexity index is 870. The molecular weight excluding hydrogens is 386 g/mol. The molecular formula is C23H25NO6. The van der Waals surface area contributed by atoms with Gasteiger partial charge in [-0.05, 0) is 38.1 Å². The summed E-state index contributed by atoms with van der Waals surface area (Å²) in [5.74, 6) is -0.554. The Balaban J connectivity index is 1.43. The van der Waals surface area contributed by atoms with Gasteiger partial charge in [-0.3, -0.25) is 9.59 Å². The van der Waals surface area contributed by atoms with Crippen LogP contribution in [-0.2, 0) is 19.1 Å². The summed E-state index contributed by atoms with van der Waals surface area (Å²) in [6, 6.07) is 15.5. The predicted octanol–water partition coefficient (Wildman–Crippen LogP) is 2.48. The first-order valence-corrected chi connectivity index (χ1v) is 9.84. The van der Waals surface area contributed by atoms with E-state index in [1.54, 1.807) is 53.4 Å². The second kappa shape index (κ2) is 10.0. The number of ether oxygens (including phenoxy) is 3. The van der Waals surface area contributed by atoms with Crippen LogP contribution in [0.15, 0.2) is 54.6 Å². The number of esters is 1. The van der Waals surface area contributed by atoms with Gasteiger partial charge in [-0.25, -0.2) is 4.79 Å². The molecule has 0 aliphatic carbocycles. The molecule has 2 aromatic rings. The summed E-state index contributed by atoms with van der Waals surface area (Å²) < 4.78 is 16.0. The number of carbonyl (C=O) groups excluding carboxylic acids is 3. The van der Waals surface area contributed by atoms with Crippen LogP contribution in [0.1, 0.15) is 29.8 Å². The molecule has 7 heteroatoms. The predicted molar refractivity (Wildman–Crippen MR) is 109 cm³/mol. The first-order valence-electron chi connectivity index (χ1n) is 9.84. The summed E-state index contributed by atoms with van der Waals surface area (Å²) in [7, 11) is 0. The van der Waals surface area contributed by atoms with Gasteiger partial charge in [0.15, 0.2) is 19.0 Å². The number of benzene rings is 2. The third-order valence-corrected chi connectivity index (χ3v) is 4.64. The highest BCUT2D eigenvalue weighted by Gasteiger charge is 2.26. The van der Waals surface area contributed by atoms with Crippen LogP contribution in [-0.4, -0.2) is 61.1 Å². The Kier molecular flexibility index (Phi) is 7.19. The van der Waals surface area contributed by atoms with E-state index in [-0.39, 0.29) is 37.1 Å². The number of morpholine rings is 1. The largest absolute Gasteiger partial charge is 0.482 e. The fourth-order valence-electron chi connectivity index (χ4n) is 3.26. The number of hydrogen-bond acceptors (Lipinski definition) is 6. The van der Waals surface area contributed by atoms with Gasteiger partial charge in [-0.15, -0.1) is 0 Å². The van der Waals surface area contributed by atoms with Crippen molar-refractivity contribution in [2.75, 3.05) is 26.3 Å². The van der Waals surface area contributed by atoms with Crippen molar-refractivity contribution in [3.63, 3.8) is 0 Å². The molecule has 0 bridgehead atoms. The molecule has 1 fully saturated rings. The van der Waals surface area contributed by atoms with E-state index in [1.807, 2.05) is 19.9 Å². The van der Waals surface area contributed by atoms with Crippen molar-refractivity contribution in [3.8, 4) is 5.75 Å². The third kappa shape index (κ3) is 5.90. The lowest BCUT2D eigenvalue weighted by Crippen LogP contribution is -2.49. The van der Waals surface area contributed by atoms with Crippen molar-refractivity contribution < 1.29 is 28.6 Å². The van der Waals surface area contributed by atoms with Crippen LogP contribution in [0, 0.1) is 0 Å². The number of rotatable bonds is 7. The standard InChI is InChI=1S/C23H25NO6/c1-16-12-24(13-17(2)30-16)21(25)14-29-22(26)15-28-20-10-8-19(9-11-20)23(27)18-6-4-3-5-7-18/h3-11,16-17H,12-15H2,1-2H3/t16-,17+. The van der Waals surface area contributed by atoms with Crippen molar-refractivity contribution >= 4 is 17.7 Å². The lowest BCUT2D eigenvalue weighted by atomic mass is 10.0. The number of hydrogen-bond donors (Lipinski definition) is 0. The second-order valence-corrected chi connectivity index (χ2v) is 7.22. The maximum absolute atomic E-state index is 12.4. The summed E-state index contributed by atoms with van der Waals surface area (Å²) in [6.07, 6.45) is -0.0954. The summed E-state index contributed by atoms with van der Waals surface area (Å²) in [5, 5.41) is 0. The lowest BCUT2D eigenvalue weighted by molar-refractivity contribution is -0.158. The fraction of sp³-hybridized carbons (Fsp3) is 0.348. The Morgan fingerprint density at radius 3 is 2.13 bits per heavy atom. The molecule has 0 N–H and O–H groups in total. The maximum Gasteiger partial charge on any atom is 0.344 e. The molecule has 0 unspecified atom stereocenters. The summed E-state index contributed by atoms with van der Waals surface area (Å²) >= 11 is 0. The monoisotopic (exact) mass is 411 g/mol. The molecule has 2 atom stereocenters. The van der Waals surface area contributed by atoms with E-state index >= 15 is 0 Å². The third-order valence-electron chi connectivity index (χ3n) is 4.64. The molecule has 1 aliphatic rings. The van der Waals surface area contributed by atoms with Crippen LogP contribution in [0.2, 0.25) is 0 Å². The minimum atomic E-state index is -0.637. The van der Waals surface area contributed by atoms with Crippen molar-refractivity contribution in [1.82, 2.24) is 4.90 Å². The Hall–Kier alpha value is -3.19. The number of carbonyl (C=O) groups is 3. The van der Waals surface area contributed by atoms with Crippen LogP contribution < -0.4 is 4.74 Å². The van der Waals surface area contributed by atoms with Crippen molar-refractivity contribution in [1.29, 1.82) is 0 Å². The molecule has 7 nitrogen and oxygen atoms in total. The van der Waals surface area contributed by atoms with E-state index in [1.165, 1.54) is 0 Å². The summed E-state index contributed by atoms with van der Waals surface area (Å²) in [4.78, 5) is 38.1. The molecule has 30 heavy (non-hydrogen) atoms. The number of amides is 1. The van der Waals surface area contributed by atoms with Gasteiger partial charge in [0.05, 0.1) is 12.2 Å². The fourth-order valence-corrected chi connectivity index (χ4v) is 3.26. The molecule has 1 heterocycles. The van der Waals surface area contributed by atoms with Crippen LogP contribution in [0.3, 0.4) is 0 Å². The SMILES string of the molecule is C[C@@H]1CN(C(=O)COC(=O)COc2ccc(C(=O)c3ccccc3)cc2)C[C@H](C)O1. The van der Waals surface area contributed by atoms with E-state index < -0.39 is 5.97 Å². The van der Waals surface area contributed by atoms with Gasteiger partial charge in [0, 0.05) is 24.2 Å². The average molecular weight is 411 g/mol. The Morgan fingerprint density at radius 1 is 0.900 bits per heavy atom. The molecule has 1 aliphatic heterocycles. The van der Waals surface area contributed by atoms with E-state index in [2.05, 4.69) is 0 Å². The maximum atomic E-state index is 12.4. The lowest BCUT2D eigenvalue weighted by Gasteiger charge is -2.35. The topological polar surface area (TPSA) is 82.1 Å². The average Bonchev–Trinajstić information content (AvgIpc) is 2.75. The first-order chi connectivity index (χ1) is 14.4. The zero-order valence-electron chi connectivity index (χ0n) is 17.1. The molecule has 0 spiro atoms. The minimum absolute atomic E-state index is 0.0477. The molecule has 0 radical (unpaired) electrons. The van der Waals surface area contributed by atoms with Crippen molar-refractivity contribution in [2.45, 2.75) is 26.1 Å². The Morgan fingerprint density at radius 2 is 1.50 bits per heavy atom. The first kappa shape index (κ1) is 21.5. The molecule has 0 aromatic heterocycles. The van der Waals surface area contributed by atoms with Crippen molar-refractivity contribution in [2.24, 2.45) is 0 Å². The van der Waals surface area contributed by atoms with E-state index in [0.29, 0.717) is 30.0 Å². The van der Waals surface area contributed by atoms with Crippen LogP contribution >= 0.6 is 0 Å². The normalized spacial score (nSPS) is 18.5. The molecule has 3 rings (SSSR count). The number of nitrogens with zero attached hydrogens (tertiary/aromatic N) is 1. The van der Waals surface area contributed by atoms with Gasteiger partial charge < -0.3 is 19.1 Å². The molecule has 2 aromatic carbocycles. The van der Waals surface area contributed by atoms with E-state index in [0.717, 1.165) is 0 Å². The zero-order chi connectivity index (χ0) is 21.5. The highest BCUT2D eigenvalue weighted by atomic mass is 16.6. The zero-order valence-corrected chi connectivity index (χ0v) is 17.1. The van der Waals surface area contributed by atoms with Crippen LogP contribution in [0.4, 0.5) is 0 Å². The van der Waals surface area contributed by atoms with E-state index in [9.17, 15) is 14.4 Å². The van der Waals surface area contributed by atoms with Gasteiger partial charge >= 0.3 is 5.97 Å². The van der Waals surface area contributed by atoms with Gasteiger partial charge in [-0.2, -0.15) is 0 Å². The second-order valence-electron chi connectivity index (χ2n) is 7.22. The minimum Gasteiger partial charge on any atom is -0.482 e. The summed E-state index contributed by atoms with van der Waals surface area (Å²) in [5.41, 5.74) is 1.12. The van der Waals surface area contributed by atoms with E-state index in [4.69, 9.17) is 14.2 Å². The van der Waals surface area contributed by atoms with Gasteiger partial charge in [0.25, 0.3) is 5.91 Å². The van der Waals surface area contributed by atoms with Crippen molar-refractivity contribution in [3.05, 3.63) is 65.7 Å². The highest BCUT2D eigenvalue weighted by molar-refractivity contribution is 6.08. The molecule has 1 saturated heterocycles. The summed E-state index contributed by atoms with van der Waals surface area (Å²) in [6.45, 7) is 4.10. The Labute approximate surface area is 175 Å². The number of ketones is 1. The quantitative estimate of drug-likeness (QED) is 0.514. The van der Waals surface area contributed by atoms with Gasteiger partial charge in [-0.1, -0.05) is 30.3 Å². The smallest absolute Gasteiger partial charge is 0.344 e. The van der Waals surface area contributed by atoms with Gasteiger partial charge in [0.2, 0.25) is 0 Å². The molecule has 1 amide bonds. The van der Waals surface area contributed by atoms with Gasteiger partial charge in [0.1, 0.15) is 5.75 Å². The van der Waals surface area contributed by atoms with Crippen LogP contribution in [0.25, 0.3) is 0 Å². The molecule has 0 saturated carbocycles.